The van der Waals surface area contributed by atoms with E-state index in [1.54, 1.807) is 0 Å². The number of imide groups is 1. The van der Waals surface area contributed by atoms with Gasteiger partial charge >= 0.3 is 0 Å². The minimum atomic E-state index is -0.574. The zero-order valence-electron chi connectivity index (χ0n) is 11.3. The first-order valence-corrected chi connectivity index (χ1v) is 6.45. The molecule has 1 heterocycles. The van der Waals surface area contributed by atoms with Crippen LogP contribution in [0.25, 0.3) is 0 Å². The number of carbonyl (C=O) groups excluding carboxylic acids is 2. The van der Waals surface area contributed by atoms with Gasteiger partial charge in [0.25, 0.3) is 11.8 Å². The lowest BCUT2D eigenvalue weighted by Crippen LogP contribution is -2.29. The number of nitrogens with two attached hydrogens (primary N) is 1. The van der Waals surface area contributed by atoms with Crippen molar-refractivity contribution >= 4 is 17.5 Å². The third-order valence-electron chi connectivity index (χ3n) is 3.50. The van der Waals surface area contributed by atoms with Gasteiger partial charge in [0, 0.05) is 11.3 Å². The number of carbonyl (C=O) groups is 2. The number of nitriles is 1. The fourth-order valence-electron chi connectivity index (χ4n) is 2.39. The molecular formula is C16H10FN3O2. The van der Waals surface area contributed by atoms with Gasteiger partial charge in [-0.25, -0.2) is 4.39 Å². The maximum atomic E-state index is 13.8. The first-order chi connectivity index (χ1) is 10.5. The van der Waals surface area contributed by atoms with Gasteiger partial charge in [-0.1, -0.05) is 0 Å². The summed E-state index contributed by atoms with van der Waals surface area (Å²) in [6.45, 7) is -0.229. The SMILES string of the molecule is N#Cc1ccc(F)c(CN2C(=O)c3ccc(N)cc3C2=O)c1. The second kappa shape index (κ2) is 4.97. The molecule has 0 atom stereocenters. The van der Waals surface area contributed by atoms with E-state index in [1.807, 2.05) is 6.07 Å². The summed E-state index contributed by atoms with van der Waals surface area (Å²) in [6.07, 6.45) is 0. The van der Waals surface area contributed by atoms with E-state index in [2.05, 4.69) is 0 Å². The number of nitrogens with zero attached hydrogens (tertiary/aromatic N) is 2. The van der Waals surface area contributed by atoms with Gasteiger partial charge in [0.2, 0.25) is 0 Å². The van der Waals surface area contributed by atoms with E-state index < -0.39 is 17.6 Å². The highest BCUT2D eigenvalue weighted by molar-refractivity contribution is 6.21. The van der Waals surface area contributed by atoms with E-state index in [0.29, 0.717) is 5.69 Å². The second-order valence-electron chi connectivity index (χ2n) is 4.92. The van der Waals surface area contributed by atoms with Crippen molar-refractivity contribution in [2.45, 2.75) is 6.54 Å². The number of fused-ring (bicyclic) bond motifs is 1. The predicted molar refractivity (Wildman–Crippen MR) is 76.2 cm³/mol. The molecule has 0 bridgehead atoms. The van der Waals surface area contributed by atoms with Gasteiger partial charge < -0.3 is 5.73 Å². The monoisotopic (exact) mass is 295 g/mol. The minimum absolute atomic E-state index is 0.113. The standard InChI is InChI=1S/C16H10FN3O2/c17-14-4-1-9(7-18)5-10(14)8-20-15(21)12-3-2-11(19)6-13(12)16(20)22/h1-6H,8,19H2. The molecule has 0 spiro atoms. The van der Waals surface area contributed by atoms with Crippen LogP contribution in [0.4, 0.5) is 10.1 Å². The van der Waals surface area contributed by atoms with Crippen LogP contribution in [0.5, 0.6) is 0 Å². The summed E-state index contributed by atoms with van der Waals surface area (Å²) < 4.78 is 13.8. The molecule has 1 aliphatic rings. The van der Waals surface area contributed by atoms with Crippen LogP contribution in [0.3, 0.4) is 0 Å². The number of amides is 2. The molecule has 2 aromatic carbocycles. The van der Waals surface area contributed by atoms with Crippen molar-refractivity contribution in [1.82, 2.24) is 4.90 Å². The molecule has 2 aromatic rings. The summed E-state index contributed by atoms with van der Waals surface area (Å²) in [6, 6.07) is 10.1. The minimum Gasteiger partial charge on any atom is -0.399 e. The largest absolute Gasteiger partial charge is 0.399 e. The van der Waals surface area contributed by atoms with Crippen molar-refractivity contribution in [2.75, 3.05) is 5.73 Å². The summed E-state index contributed by atoms with van der Waals surface area (Å²) in [7, 11) is 0. The summed E-state index contributed by atoms with van der Waals surface area (Å²) in [4.78, 5) is 25.5. The van der Waals surface area contributed by atoms with Gasteiger partial charge in [-0.2, -0.15) is 5.26 Å². The van der Waals surface area contributed by atoms with Crippen molar-refractivity contribution < 1.29 is 14.0 Å². The first-order valence-electron chi connectivity index (χ1n) is 6.45. The van der Waals surface area contributed by atoms with Gasteiger partial charge in [0.1, 0.15) is 5.82 Å². The van der Waals surface area contributed by atoms with Gasteiger partial charge in [0.05, 0.1) is 29.3 Å². The number of halogens is 1. The highest BCUT2D eigenvalue weighted by Crippen LogP contribution is 2.27. The van der Waals surface area contributed by atoms with Gasteiger partial charge in [0.15, 0.2) is 0 Å². The third-order valence-corrected chi connectivity index (χ3v) is 3.50. The maximum Gasteiger partial charge on any atom is 0.261 e. The first kappa shape index (κ1) is 13.8. The molecule has 0 radical (unpaired) electrons. The van der Waals surface area contributed by atoms with E-state index in [4.69, 9.17) is 11.0 Å². The van der Waals surface area contributed by atoms with E-state index >= 15 is 0 Å². The predicted octanol–water partition coefficient (Wildman–Crippen LogP) is 2.08. The van der Waals surface area contributed by atoms with Crippen molar-refractivity contribution in [3.8, 4) is 6.07 Å². The zero-order valence-corrected chi connectivity index (χ0v) is 11.3. The Labute approximate surface area is 125 Å². The third kappa shape index (κ3) is 2.09. The Balaban J connectivity index is 1.97. The van der Waals surface area contributed by atoms with Crippen LogP contribution in [0, 0.1) is 17.1 Å². The Morgan fingerprint density at radius 1 is 1.09 bits per heavy atom. The van der Waals surface area contributed by atoms with Crippen LogP contribution < -0.4 is 5.73 Å². The van der Waals surface area contributed by atoms with E-state index in [9.17, 15) is 14.0 Å². The normalized spacial score (nSPS) is 13.2. The molecule has 5 nitrogen and oxygen atoms in total. The van der Waals surface area contributed by atoms with Crippen LogP contribution in [0.15, 0.2) is 36.4 Å². The molecule has 0 saturated carbocycles. The molecule has 0 aromatic heterocycles. The van der Waals surface area contributed by atoms with Crippen molar-refractivity contribution in [2.24, 2.45) is 0 Å². The molecule has 2 amide bonds. The number of rotatable bonds is 2. The fraction of sp³-hybridized carbons (Fsp3) is 0.0625. The number of hydrogen-bond donors (Lipinski definition) is 1. The lowest BCUT2D eigenvalue weighted by molar-refractivity contribution is 0.0641. The molecule has 6 heteroatoms. The van der Waals surface area contributed by atoms with Crippen LogP contribution in [-0.2, 0) is 6.54 Å². The van der Waals surface area contributed by atoms with Crippen molar-refractivity contribution in [1.29, 1.82) is 5.26 Å². The Morgan fingerprint density at radius 3 is 2.55 bits per heavy atom. The maximum absolute atomic E-state index is 13.8. The Hall–Kier alpha value is -3.20. The molecule has 0 unspecified atom stereocenters. The highest BCUT2D eigenvalue weighted by Gasteiger charge is 2.35. The smallest absolute Gasteiger partial charge is 0.261 e. The van der Waals surface area contributed by atoms with E-state index in [1.165, 1.54) is 30.3 Å². The van der Waals surface area contributed by atoms with Crippen molar-refractivity contribution in [3.63, 3.8) is 0 Å². The van der Waals surface area contributed by atoms with Gasteiger partial charge in [-0.05, 0) is 36.4 Å². The molecule has 3 rings (SSSR count). The van der Waals surface area contributed by atoms with Crippen LogP contribution in [0.1, 0.15) is 31.8 Å². The molecular weight excluding hydrogens is 285 g/mol. The Bertz CT molecular complexity index is 855. The summed E-state index contributed by atoms with van der Waals surface area (Å²) >= 11 is 0. The average Bonchev–Trinajstić information content (AvgIpc) is 2.74. The average molecular weight is 295 g/mol. The number of nitrogen functional groups attached to an aromatic ring is 1. The molecule has 0 aliphatic carbocycles. The van der Waals surface area contributed by atoms with Gasteiger partial charge in [-0.3, -0.25) is 14.5 Å². The molecule has 0 fully saturated rings. The lowest BCUT2D eigenvalue weighted by atomic mass is 10.1. The molecule has 22 heavy (non-hydrogen) atoms. The topological polar surface area (TPSA) is 87.2 Å². The second-order valence-corrected chi connectivity index (χ2v) is 4.92. The molecule has 1 aliphatic heterocycles. The quantitative estimate of drug-likeness (QED) is 0.678. The number of anilines is 1. The van der Waals surface area contributed by atoms with E-state index in [-0.39, 0.29) is 28.8 Å². The van der Waals surface area contributed by atoms with Crippen LogP contribution in [-0.4, -0.2) is 16.7 Å². The summed E-state index contributed by atoms with van der Waals surface area (Å²) in [5.41, 5.74) is 6.83. The lowest BCUT2D eigenvalue weighted by Gasteiger charge is -2.14. The fourth-order valence-corrected chi connectivity index (χ4v) is 2.39. The number of benzene rings is 2. The molecule has 2 N–H and O–H groups in total. The zero-order chi connectivity index (χ0) is 15.9. The highest BCUT2D eigenvalue weighted by atomic mass is 19.1. The molecule has 108 valence electrons. The summed E-state index contributed by atoms with van der Waals surface area (Å²) in [5, 5.41) is 8.86. The number of hydrogen-bond acceptors (Lipinski definition) is 4. The van der Waals surface area contributed by atoms with Crippen LogP contribution in [0.2, 0.25) is 0 Å². The Kier molecular flexibility index (Phi) is 3.11. The van der Waals surface area contributed by atoms with Gasteiger partial charge in [-0.15, -0.1) is 0 Å². The summed E-state index contributed by atoms with van der Waals surface area (Å²) in [5.74, 6) is -1.59. The van der Waals surface area contributed by atoms with Crippen LogP contribution >= 0.6 is 0 Å². The van der Waals surface area contributed by atoms with E-state index in [0.717, 1.165) is 11.0 Å². The Morgan fingerprint density at radius 2 is 1.82 bits per heavy atom. The van der Waals surface area contributed by atoms with Crippen molar-refractivity contribution in [3.05, 3.63) is 64.5 Å². The molecule has 0 saturated heterocycles.